The molecule has 0 fully saturated rings. The van der Waals surface area contributed by atoms with Gasteiger partial charge in [0.2, 0.25) is 0 Å². The number of anilines is 2. The summed E-state index contributed by atoms with van der Waals surface area (Å²) in [6.45, 7) is -2.22. The number of alkyl halides is 2. The van der Waals surface area contributed by atoms with Gasteiger partial charge < -0.3 is 16.2 Å². The SMILES string of the molecule is Nc1cc([N+](=O)[O-])cc(NCC(F)(F)CO)n1. The number of aromatic nitrogens is 1. The molecule has 0 atom stereocenters. The summed E-state index contributed by atoms with van der Waals surface area (Å²) in [6.07, 6.45) is 0. The zero-order chi connectivity index (χ0) is 13.1. The summed E-state index contributed by atoms with van der Waals surface area (Å²) < 4.78 is 25.4. The van der Waals surface area contributed by atoms with Crippen LogP contribution < -0.4 is 11.1 Å². The fraction of sp³-hybridized carbons (Fsp3) is 0.375. The number of nitrogens with two attached hydrogens (primary N) is 1. The molecule has 0 bridgehead atoms. The van der Waals surface area contributed by atoms with Crippen LogP contribution in [0.1, 0.15) is 0 Å². The third kappa shape index (κ3) is 3.79. The number of pyridine rings is 1. The Hall–Kier alpha value is -2.03. The maximum Gasteiger partial charge on any atom is 0.287 e. The van der Waals surface area contributed by atoms with E-state index in [2.05, 4.69) is 10.3 Å². The number of nitrogens with one attached hydrogen (secondary N) is 1. The fourth-order valence-electron chi connectivity index (χ4n) is 1.01. The van der Waals surface area contributed by atoms with Gasteiger partial charge in [-0.25, -0.2) is 13.8 Å². The van der Waals surface area contributed by atoms with Gasteiger partial charge in [0.05, 0.1) is 23.6 Å². The zero-order valence-electron chi connectivity index (χ0n) is 8.56. The van der Waals surface area contributed by atoms with Gasteiger partial charge in [0.25, 0.3) is 11.6 Å². The Morgan fingerprint density at radius 3 is 2.76 bits per heavy atom. The first kappa shape index (κ1) is 13.0. The predicted octanol–water partition coefficient (Wildman–Crippen LogP) is 0.611. The summed E-state index contributed by atoms with van der Waals surface area (Å²) in [5, 5.41) is 21.0. The summed E-state index contributed by atoms with van der Waals surface area (Å²) >= 11 is 0. The number of halogens is 2. The highest BCUT2D eigenvalue weighted by Gasteiger charge is 2.27. The second-order valence-corrected chi connectivity index (χ2v) is 3.26. The maximum absolute atomic E-state index is 12.7. The van der Waals surface area contributed by atoms with E-state index in [0.29, 0.717) is 0 Å². The van der Waals surface area contributed by atoms with E-state index in [9.17, 15) is 18.9 Å². The highest BCUT2D eigenvalue weighted by atomic mass is 19.3. The number of nitro groups is 1. The van der Waals surface area contributed by atoms with Crippen molar-refractivity contribution in [3.63, 3.8) is 0 Å². The van der Waals surface area contributed by atoms with Gasteiger partial charge in [0, 0.05) is 0 Å². The molecule has 1 aromatic heterocycles. The van der Waals surface area contributed by atoms with E-state index in [1.165, 1.54) is 0 Å². The summed E-state index contributed by atoms with van der Waals surface area (Å²) in [7, 11) is 0. The number of nitrogens with zero attached hydrogens (tertiary/aromatic N) is 2. The van der Waals surface area contributed by atoms with E-state index in [1.54, 1.807) is 0 Å². The Labute approximate surface area is 94.4 Å². The first-order chi connectivity index (χ1) is 7.84. The lowest BCUT2D eigenvalue weighted by atomic mass is 10.3. The summed E-state index contributed by atoms with van der Waals surface area (Å²) in [4.78, 5) is 13.4. The van der Waals surface area contributed by atoms with E-state index in [0.717, 1.165) is 12.1 Å². The molecule has 0 aliphatic rings. The largest absolute Gasteiger partial charge is 0.390 e. The topological polar surface area (TPSA) is 114 Å². The van der Waals surface area contributed by atoms with Gasteiger partial charge in [-0.05, 0) is 0 Å². The second-order valence-electron chi connectivity index (χ2n) is 3.26. The molecule has 1 aromatic rings. The summed E-state index contributed by atoms with van der Waals surface area (Å²) in [6, 6.07) is 1.99. The van der Waals surface area contributed by atoms with Crippen molar-refractivity contribution in [3.05, 3.63) is 22.2 Å². The average Bonchev–Trinajstić information content (AvgIpc) is 2.26. The highest BCUT2D eigenvalue weighted by Crippen LogP contribution is 2.20. The molecule has 7 nitrogen and oxygen atoms in total. The molecule has 0 radical (unpaired) electrons. The molecule has 9 heteroatoms. The quantitative estimate of drug-likeness (QED) is 0.519. The molecule has 1 rings (SSSR count). The van der Waals surface area contributed by atoms with Gasteiger partial charge in [0.15, 0.2) is 0 Å². The van der Waals surface area contributed by atoms with Gasteiger partial charge in [-0.15, -0.1) is 0 Å². The van der Waals surface area contributed by atoms with Crippen LogP contribution in [0.25, 0.3) is 0 Å². The Kier molecular flexibility index (Phi) is 3.73. The van der Waals surface area contributed by atoms with Crippen LogP contribution >= 0.6 is 0 Å². The molecule has 17 heavy (non-hydrogen) atoms. The Bertz CT molecular complexity index is 427. The number of aliphatic hydroxyl groups excluding tert-OH is 1. The monoisotopic (exact) mass is 248 g/mol. The van der Waals surface area contributed by atoms with Crippen LogP contribution in [-0.4, -0.2) is 34.1 Å². The van der Waals surface area contributed by atoms with Gasteiger partial charge in [-0.1, -0.05) is 0 Å². The van der Waals surface area contributed by atoms with Gasteiger partial charge in [-0.3, -0.25) is 10.1 Å². The molecular formula is C8H10F2N4O3. The molecule has 0 saturated heterocycles. The van der Waals surface area contributed by atoms with Crippen molar-refractivity contribution in [1.29, 1.82) is 0 Å². The Balaban J connectivity index is 2.81. The molecule has 94 valence electrons. The molecule has 4 N–H and O–H groups in total. The molecule has 0 saturated carbocycles. The number of nitrogen functional groups attached to an aromatic ring is 1. The Morgan fingerprint density at radius 2 is 2.24 bits per heavy atom. The second kappa shape index (κ2) is 4.87. The predicted molar refractivity (Wildman–Crippen MR) is 55.8 cm³/mol. The minimum absolute atomic E-state index is 0.148. The van der Waals surface area contributed by atoms with Crippen LogP contribution in [0.5, 0.6) is 0 Å². The van der Waals surface area contributed by atoms with E-state index in [1.807, 2.05) is 0 Å². The first-order valence-corrected chi connectivity index (χ1v) is 4.48. The van der Waals surface area contributed by atoms with Crippen LogP contribution in [0.4, 0.5) is 26.1 Å². The Morgan fingerprint density at radius 1 is 1.59 bits per heavy atom. The lowest BCUT2D eigenvalue weighted by molar-refractivity contribution is -0.384. The lowest BCUT2D eigenvalue weighted by Gasteiger charge is -2.14. The molecule has 0 unspecified atom stereocenters. The van der Waals surface area contributed by atoms with E-state index in [-0.39, 0.29) is 17.3 Å². The molecule has 0 aliphatic heterocycles. The van der Waals surface area contributed by atoms with E-state index < -0.39 is 24.0 Å². The molecule has 1 heterocycles. The first-order valence-electron chi connectivity index (χ1n) is 4.48. The zero-order valence-corrected chi connectivity index (χ0v) is 8.56. The van der Waals surface area contributed by atoms with Crippen molar-refractivity contribution in [2.75, 3.05) is 24.2 Å². The fourth-order valence-corrected chi connectivity index (χ4v) is 1.01. The van der Waals surface area contributed by atoms with Gasteiger partial charge in [-0.2, -0.15) is 0 Å². The average molecular weight is 248 g/mol. The van der Waals surface area contributed by atoms with Crippen LogP contribution in [-0.2, 0) is 0 Å². The van der Waals surface area contributed by atoms with E-state index >= 15 is 0 Å². The highest BCUT2D eigenvalue weighted by molar-refractivity contribution is 5.52. The van der Waals surface area contributed by atoms with Crippen molar-refractivity contribution in [1.82, 2.24) is 4.98 Å². The third-order valence-electron chi connectivity index (χ3n) is 1.80. The molecule has 0 aliphatic carbocycles. The minimum atomic E-state index is -3.33. The smallest absolute Gasteiger partial charge is 0.287 e. The number of hydrogen-bond donors (Lipinski definition) is 3. The maximum atomic E-state index is 12.7. The standard InChI is InChI=1S/C8H10F2N4O3/c9-8(10,4-15)3-12-7-2-5(14(16)17)1-6(11)13-7/h1-2,15H,3-4H2,(H3,11,12,13). The van der Waals surface area contributed by atoms with Crippen molar-refractivity contribution < 1.29 is 18.8 Å². The number of hydrogen-bond acceptors (Lipinski definition) is 6. The van der Waals surface area contributed by atoms with Crippen molar-refractivity contribution in [2.24, 2.45) is 0 Å². The van der Waals surface area contributed by atoms with Gasteiger partial charge in [0.1, 0.15) is 18.2 Å². The normalized spacial score (nSPS) is 11.2. The lowest BCUT2D eigenvalue weighted by Crippen LogP contribution is -2.31. The minimum Gasteiger partial charge on any atom is -0.390 e. The van der Waals surface area contributed by atoms with Crippen molar-refractivity contribution in [2.45, 2.75) is 5.92 Å². The van der Waals surface area contributed by atoms with Crippen LogP contribution in [0.2, 0.25) is 0 Å². The summed E-state index contributed by atoms with van der Waals surface area (Å²) in [5.74, 6) is -3.64. The molecule has 0 aromatic carbocycles. The van der Waals surface area contributed by atoms with Crippen molar-refractivity contribution >= 4 is 17.3 Å². The van der Waals surface area contributed by atoms with Crippen LogP contribution in [0.3, 0.4) is 0 Å². The molecule has 0 spiro atoms. The number of rotatable bonds is 5. The van der Waals surface area contributed by atoms with Crippen LogP contribution in [0.15, 0.2) is 12.1 Å². The molecular weight excluding hydrogens is 238 g/mol. The number of aliphatic hydroxyl groups is 1. The van der Waals surface area contributed by atoms with Gasteiger partial charge >= 0.3 is 0 Å². The van der Waals surface area contributed by atoms with Crippen LogP contribution in [0, 0.1) is 10.1 Å². The third-order valence-corrected chi connectivity index (χ3v) is 1.80. The van der Waals surface area contributed by atoms with Crippen molar-refractivity contribution in [3.8, 4) is 0 Å². The molecule has 0 amide bonds. The van der Waals surface area contributed by atoms with E-state index in [4.69, 9.17) is 10.8 Å². The summed E-state index contributed by atoms with van der Waals surface area (Å²) in [5.41, 5.74) is 4.92.